The Bertz CT molecular complexity index is 879. The van der Waals surface area contributed by atoms with Crippen LogP contribution in [0.1, 0.15) is 28.8 Å². The molecule has 1 atom stereocenters. The number of hydrogen-bond acceptors (Lipinski definition) is 4. The largest absolute Gasteiger partial charge is 0.348 e. The number of sulfonamides is 1. The smallest absolute Gasteiger partial charge is 0.261 e. The first kappa shape index (κ1) is 21.2. The third kappa shape index (κ3) is 5.69. The number of aryl methyl sites for hydroxylation is 1. The normalized spacial score (nSPS) is 16.9. The highest BCUT2D eigenvalue weighted by Crippen LogP contribution is 2.18. The van der Waals surface area contributed by atoms with E-state index >= 15 is 0 Å². The first-order valence-corrected chi connectivity index (χ1v) is 10.1. The Morgan fingerprint density at radius 2 is 1.89 bits per heavy atom. The zero-order valence-electron chi connectivity index (χ0n) is 15.1. The summed E-state index contributed by atoms with van der Waals surface area (Å²) >= 11 is 0. The van der Waals surface area contributed by atoms with Gasteiger partial charge in [-0.05, 0) is 56.6 Å². The van der Waals surface area contributed by atoms with E-state index in [0.717, 1.165) is 31.5 Å². The first-order chi connectivity index (χ1) is 12.4. The second-order valence-electron chi connectivity index (χ2n) is 6.52. The summed E-state index contributed by atoms with van der Waals surface area (Å²) in [4.78, 5) is 12.5. The Kier molecular flexibility index (Phi) is 7.24. The lowest BCUT2D eigenvalue weighted by molar-refractivity contribution is 0.0930. The van der Waals surface area contributed by atoms with Crippen LogP contribution in [0.2, 0.25) is 0 Å². The molecule has 0 saturated carbocycles. The number of anilines is 1. The summed E-state index contributed by atoms with van der Waals surface area (Å²) in [5.74, 6) is -0.258. The zero-order valence-corrected chi connectivity index (χ0v) is 16.7. The fourth-order valence-corrected chi connectivity index (χ4v) is 3.99. The molecule has 0 spiro atoms. The summed E-state index contributed by atoms with van der Waals surface area (Å²) in [5.41, 5.74) is 1.87. The summed E-state index contributed by atoms with van der Waals surface area (Å²) in [6.45, 7) is 3.63. The van der Waals surface area contributed by atoms with E-state index in [1.165, 1.54) is 12.1 Å². The minimum absolute atomic E-state index is 0. The van der Waals surface area contributed by atoms with E-state index in [9.17, 15) is 13.2 Å². The summed E-state index contributed by atoms with van der Waals surface area (Å²) in [5, 5.41) is 6.19. The number of amides is 1. The Balaban J connectivity index is 0.00000261. The number of carbonyl (C=O) groups is 1. The van der Waals surface area contributed by atoms with Gasteiger partial charge in [-0.15, -0.1) is 12.4 Å². The Labute approximate surface area is 166 Å². The summed E-state index contributed by atoms with van der Waals surface area (Å²) in [6.07, 6.45) is 1.94. The van der Waals surface area contributed by atoms with Gasteiger partial charge in [0.1, 0.15) is 0 Å². The Morgan fingerprint density at radius 3 is 2.56 bits per heavy atom. The molecule has 1 aliphatic rings. The predicted molar refractivity (Wildman–Crippen MR) is 109 cm³/mol. The average molecular weight is 410 g/mol. The third-order valence-electron chi connectivity index (χ3n) is 4.34. The highest BCUT2D eigenvalue weighted by atomic mass is 35.5. The number of rotatable bonds is 5. The molecule has 0 bridgehead atoms. The van der Waals surface area contributed by atoms with Gasteiger partial charge >= 0.3 is 0 Å². The molecule has 1 heterocycles. The summed E-state index contributed by atoms with van der Waals surface area (Å²) in [6, 6.07) is 13.2. The monoisotopic (exact) mass is 409 g/mol. The highest BCUT2D eigenvalue weighted by molar-refractivity contribution is 7.92. The number of nitrogens with one attached hydrogen (secondary N) is 3. The molecular weight excluding hydrogens is 386 g/mol. The van der Waals surface area contributed by atoms with Crippen molar-refractivity contribution in [3.8, 4) is 0 Å². The molecule has 2 aromatic carbocycles. The molecule has 146 valence electrons. The van der Waals surface area contributed by atoms with Crippen LogP contribution in [0.3, 0.4) is 0 Å². The van der Waals surface area contributed by atoms with Gasteiger partial charge in [0.25, 0.3) is 15.9 Å². The molecule has 0 unspecified atom stereocenters. The van der Waals surface area contributed by atoms with Crippen molar-refractivity contribution in [2.75, 3.05) is 17.8 Å². The van der Waals surface area contributed by atoms with Crippen molar-refractivity contribution < 1.29 is 13.2 Å². The fraction of sp³-hybridized carbons (Fsp3) is 0.316. The lowest BCUT2D eigenvalue weighted by Crippen LogP contribution is -2.45. The second-order valence-corrected chi connectivity index (χ2v) is 8.20. The molecule has 27 heavy (non-hydrogen) atoms. The van der Waals surface area contributed by atoms with Crippen LogP contribution in [0.15, 0.2) is 53.4 Å². The Hall–Kier alpha value is -2.09. The van der Waals surface area contributed by atoms with Gasteiger partial charge < -0.3 is 10.6 Å². The topological polar surface area (TPSA) is 87.3 Å². The highest BCUT2D eigenvalue weighted by Gasteiger charge is 2.19. The van der Waals surface area contributed by atoms with Crippen LogP contribution in [0.25, 0.3) is 0 Å². The molecule has 3 rings (SSSR count). The van der Waals surface area contributed by atoms with Gasteiger partial charge in [-0.1, -0.05) is 23.8 Å². The van der Waals surface area contributed by atoms with Crippen molar-refractivity contribution in [1.82, 2.24) is 10.6 Å². The number of piperidine rings is 1. The molecule has 1 saturated heterocycles. The maximum Gasteiger partial charge on any atom is 0.261 e. The van der Waals surface area contributed by atoms with Gasteiger partial charge in [-0.2, -0.15) is 0 Å². The van der Waals surface area contributed by atoms with Crippen molar-refractivity contribution in [2.45, 2.75) is 30.7 Å². The van der Waals surface area contributed by atoms with Gasteiger partial charge in [0.2, 0.25) is 0 Å². The average Bonchev–Trinajstić information content (AvgIpc) is 2.64. The van der Waals surface area contributed by atoms with Crippen molar-refractivity contribution in [1.29, 1.82) is 0 Å². The minimum atomic E-state index is -3.76. The first-order valence-electron chi connectivity index (χ1n) is 8.65. The van der Waals surface area contributed by atoms with Gasteiger partial charge in [0, 0.05) is 23.8 Å². The van der Waals surface area contributed by atoms with E-state index in [4.69, 9.17) is 0 Å². The van der Waals surface area contributed by atoms with Crippen LogP contribution in [0.4, 0.5) is 5.69 Å². The molecule has 8 heteroatoms. The van der Waals surface area contributed by atoms with Crippen LogP contribution < -0.4 is 15.4 Å². The van der Waals surface area contributed by atoms with Crippen molar-refractivity contribution >= 4 is 34.0 Å². The number of carbonyl (C=O) groups excluding carboxylic acids is 1. The van der Waals surface area contributed by atoms with Crippen LogP contribution >= 0.6 is 12.4 Å². The SMILES string of the molecule is Cc1ccc(NS(=O)(=O)c2cccc(C(=O)N[C@H]3CCCNC3)c2)cc1.Cl. The lowest BCUT2D eigenvalue weighted by atomic mass is 10.1. The number of benzene rings is 2. The van der Waals surface area contributed by atoms with Gasteiger partial charge in [-0.25, -0.2) is 8.42 Å². The number of halogens is 1. The molecule has 0 aliphatic carbocycles. The van der Waals surface area contributed by atoms with Crippen molar-refractivity contribution in [3.05, 3.63) is 59.7 Å². The quantitative estimate of drug-likeness (QED) is 0.708. The fourth-order valence-electron chi connectivity index (χ4n) is 2.88. The van der Waals surface area contributed by atoms with Crippen LogP contribution in [-0.2, 0) is 10.0 Å². The van der Waals surface area contributed by atoms with Crippen LogP contribution in [0.5, 0.6) is 0 Å². The molecule has 1 aliphatic heterocycles. The lowest BCUT2D eigenvalue weighted by Gasteiger charge is -2.23. The predicted octanol–water partition coefficient (Wildman–Crippen LogP) is 2.70. The molecule has 2 aromatic rings. The molecule has 6 nitrogen and oxygen atoms in total. The van der Waals surface area contributed by atoms with E-state index in [-0.39, 0.29) is 29.3 Å². The van der Waals surface area contributed by atoms with Crippen molar-refractivity contribution in [2.24, 2.45) is 0 Å². The molecule has 0 radical (unpaired) electrons. The Morgan fingerprint density at radius 1 is 1.15 bits per heavy atom. The molecular formula is C19H24ClN3O3S. The molecule has 0 aromatic heterocycles. The maximum absolute atomic E-state index is 12.6. The van der Waals surface area contributed by atoms with Crippen LogP contribution in [-0.4, -0.2) is 33.5 Å². The van der Waals surface area contributed by atoms with Gasteiger partial charge in [-0.3, -0.25) is 9.52 Å². The summed E-state index contributed by atoms with van der Waals surface area (Å²) < 4.78 is 27.7. The summed E-state index contributed by atoms with van der Waals surface area (Å²) in [7, 11) is -3.76. The molecule has 3 N–H and O–H groups in total. The van der Waals surface area contributed by atoms with Crippen molar-refractivity contribution in [3.63, 3.8) is 0 Å². The van der Waals surface area contributed by atoms with E-state index in [2.05, 4.69) is 15.4 Å². The van der Waals surface area contributed by atoms with E-state index in [0.29, 0.717) is 11.3 Å². The standard InChI is InChI=1S/C19H23N3O3S.ClH/c1-14-7-9-16(10-8-14)22-26(24,25)18-6-2-4-15(12-18)19(23)21-17-5-3-11-20-13-17;/h2,4,6-10,12,17,20,22H,3,5,11,13H2,1H3,(H,21,23);1H/t17-;/m0./s1. The third-order valence-corrected chi connectivity index (χ3v) is 5.72. The van der Waals surface area contributed by atoms with Gasteiger partial charge in [0.15, 0.2) is 0 Å². The minimum Gasteiger partial charge on any atom is -0.348 e. The van der Waals surface area contributed by atoms with E-state index < -0.39 is 10.0 Å². The molecule has 1 amide bonds. The van der Waals surface area contributed by atoms with Crippen LogP contribution in [0, 0.1) is 6.92 Å². The van der Waals surface area contributed by atoms with E-state index in [1.807, 2.05) is 19.1 Å². The van der Waals surface area contributed by atoms with E-state index in [1.54, 1.807) is 24.3 Å². The zero-order chi connectivity index (χ0) is 18.6. The van der Waals surface area contributed by atoms with Gasteiger partial charge in [0.05, 0.1) is 4.90 Å². The number of hydrogen-bond donors (Lipinski definition) is 3. The second kappa shape index (κ2) is 9.21. The molecule has 1 fully saturated rings. The maximum atomic E-state index is 12.6.